The van der Waals surface area contributed by atoms with Gasteiger partial charge in [0.25, 0.3) is 23.3 Å². The number of para-hydroxylation sites is 1. The standard InChI is InChI=1S/C25H13Cl3F3N3O2.C25H14Cl2F3N3O2/c26-15-5-6-19-17(8-15)21(22(35)24-33-11-20(36-24)13-2-1-7-32-10-13)23(25(29,30)31)34(19)12-14-3-4-16(27)9-18(14)28;26-16-8-7-15(18(27)10-16)13-33-19-6-2-1-5-17(19)21(23(33)25(28,29)30)22(34)24-32-12-20(35-24)14-4-3-9-31-11-14/h1-11H,12H2;1-12H,13H2. The molecule has 0 fully saturated rings. The third kappa shape index (κ3) is 10.0. The van der Waals surface area contributed by atoms with Crippen molar-refractivity contribution in [1.82, 2.24) is 29.1 Å². The van der Waals surface area contributed by atoms with Gasteiger partial charge in [-0.05, 0) is 83.9 Å². The highest BCUT2D eigenvalue weighted by atomic mass is 35.5. The number of halogens is 11. The van der Waals surface area contributed by atoms with Crippen LogP contribution in [-0.4, -0.2) is 40.6 Å². The summed E-state index contributed by atoms with van der Waals surface area (Å²) >= 11 is 30.5. The maximum Gasteiger partial charge on any atom is 0.432 e. The molecular weight excluding hydrogens is 1040 g/mol. The van der Waals surface area contributed by atoms with Crippen molar-refractivity contribution in [1.29, 1.82) is 0 Å². The predicted octanol–water partition coefficient (Wildman–Crippen LogP) is 15.2. The molecule has 0 aliphatic carbocycles. The summed E-state index contributed by atoms with van der Waals surface area (Å²) in [5, 5.41) is 1.39. The Morgan fingerprint density at radius 1 is 0.507 bits per heavy atom. The lowest BCUT2D eigenvalue weighted by molar-refractivity contribution is -0.144. The first-order valence-corrected chi connectivity index (χ1v) is 22.5. The zero-order valence-corrected chi connectivity index (χ0v) is 39.4. The van der Waals surface area contributed by atoms with E-state index in [0.29, 0.717) is 32.3 Å². The van der Waals surface area contributed by atoms with Gasteiger partial charge in [0.2, 0.25) is 0 Å². The summed E-state index contributed by atoms with van der Waals surface area (Å²) in [5.74, 6) is -2.57. The van der Waals surface area contributed by atoms with Gasteiger partial charge in [0, 0.05) is 95.9 Å². The van der Waals surface area contributed by atoms with Gasteiger partial charge in [-0.3, -0.25) is 19.6 Å². The highest BCUT2D eigenvalue weighted by molar-refractivity contribution is 6.35. The van der Waals surface area contributed by atoms with Crippen LogP contribution in [-0.2, 0) is 25.4 Å². The van der Waals surface area contributed by atoms with Gasteiger partial charge in [-0.1, -0.05) is 88.3 Å². The van der Waals surface area contributed by atoms with Crippen LogP contribution in [0.1, 0.15) is 55.0 Å². The number of benzene rings is 4. The first-order chi connectivity index (χ1) is 33.9. The third-order valence-corrected chi connectivity index (χ3v) is 12.4. The van der Waals surface area contributed by atoms with E-state index in [2.05, 4.69) is 19.9 Å². The van der Waals surface area contributed by atoms with E-state index in [1.165, 1.54) is 79.4 Å². The number of nitrogens with zero attached hydrogens (tertiary/aromatic N) is 6. The normalized spacial score (nSPS) is 11.8. The van der Waals surface area contributed by atoms with Crippen LogP contribution < -0.4 is 0 Å². The molecule has 0 aliphatic rings. The number of aromatic nitrogens is 6. The number of oxazole rings is 2. The second-order valence-corrected chi connectivity index (χ2v) is 17.6. The van der Waals surface area contributed by atoms with Crippen molar-refractivity contribution in [3.63, 3.8) is 0 Å². The first-order valence-electron chi connectivity index (χ1n) is 20.6. The van der Waals surface area contributed by atoms with Crippen LogP contribution in [0, 0.1) is 0 Å². The van der Waals surface area contributed by atoms with Crippen molar-refractivity contribution < 1.29 is 44.8 Å². The van der Waals surface area contributed by atoms with E-state index in [1.54, 1.807) is 60.9 Å². The fourth-order valence-electron chi connectivity index (χ4n) is 7.90. The summed E-state index contributed by atoms with van der Waals surface area (Å²) in [6, 6.07) is 26.0. The van der Waals surface area contributed by atoms with Crippen LogP contribution in [0.2, 0.25) is 25.1 Å². The fourth-order valence-corrected chi connectivity index (χ4v) is 9.01. The van der Waals surface area contributed by atoms with Crippen LogP contribution in [0.15, 0.2) is 149 Å². The molecular formula is C50H27Cl5F6N6O4. The van der Waals surface area contributed by atoms with E-state index >= 15 is 0 Å². The van der Waals surface area contributed by atoms with Gasteiger partial charge < -0.3 is 18.0 Å². The van der Waals surface area contributed by atoms with Gasteiger partial charge >= 0.3 is 12.4 Å². The van der Waals surface area contributed by atoms with Crippen molar-refractivity contribution >= 4 is 91.4 Å². The molecule has 0 spiro atoms. The summed E-state index contributed by atoms with van der Waals surface area (Å²) in [6.07, 6.45) is -1.14. The van der Waals surface area contributed by atoms with Crippen molar-refractivity contribution in [2.45, 2.75) is 25.4 Å². The van der Waals surface area contributed by atoms with Gasteiger partial charge in [-0.15, -0.1) is 0 Å². The van der Waals surface area contributed by atoms with Crippen molar-refractivity contribution in [2.75, 3.05) is 0 Å². The van der Waals surface area contributed by atoms with Crippen LogP contribution in [0.5, 0.6) is 0 Å². The Morgan fingerprint density at radius 3 is 1.39 bits per heavy atom. The van der Waals surface area contributed by atoms with E-state index in [-0.39, 0.29) is 61.5 Å². The predicted molar refractivity (Wildman–Crippen MR) is 256 cm³/mol. The lowest BCUT2D eigenvalue weighted by atomic mass is 10.1. The van der Waals surface area contributed by atoms with Gasteiger partial charge in [-0.25, -0.2) is 9.97 Å². The summed E-state index contributed by atoms with van der Waals surface area (Å²) < 4.78 is 100. The number of fused-ring (bicyclic) bond motifs is 2. The highest BCUT2D eigenvalue weighted by Gasteiger charge is 2.44. The van der Waals surface area contributed by atoms with E-state index in [1.807, 2.05) is 0 Å². The summed E-state index contributed by atoms with van der Waals surface area (Å²) in [6.45, 7) is -0.506. The highest BCUT2D eigenvalue weighted by Crippen LogP contribution is 2.43. The number of hydrogen-bond donors (Lipinski definition) is 0. The minimum absolute atomic E-state index is 0.00559. The smallest absolute Gasteiger partial charge is 0.432 e. The molecule has 0 amide bonds. The second-order valence-electron chi connectivity index (χ2n) is 15.5. The van der Waals surface area contributed by atoms with Crippen molar-refractivity contribution in [3.8, 4) is 22.6 Å². The number of carbonyl (C=O) groups is 2. The lowest BCUT2D eigenvalue weighted by Gasteiger charge is -2.15. The van der Waals surface area contributed by atoms with E-state index in [0.717, 1.165) is 9.13 Å². The molecule has 71 heavy (non-hydrogen) atoms. The van der Waals surface area contributed by atoms with E-state index < -0.39 is 58.2 Å². The molecule has 6 heterocycles. The Labute approximate surface area is 422 Å². The molecule has 0 N–H and O–H groups in total. The van der Waals surface area contributed by atoms with Crippen LogP contribution in [0.25, 0.3) is 44.5 Å². The fraction of sp³-hybridized carbons (Fsp3) is 0.0800. The monoisotopic (exact) mass is 1060 g/mol. The van der Waals surface area contributed by atoms with E-state index in [9.17, 15) is 35.9 Å². The minimum Gasteiger partial charge on any atom is -0.433 e. The maximum atomic E-state index is 14.5. The summed E-state index contributed by atoms with van der Waals surface area (Å²) in [5.41, 5.74) is -1.25. The van der Waals surface area contributed by atoms with Crippen LogP contribution in [0.4, 0.5) is 26.3 Å². The molecule has 0 unspecified atom stereocenters. The zero-order chi connectivity index (χ0) is 50.4. The Kier molecular flexibility index (Phi) is 13.6. The molecule has 10 rings (SSSR count). The molecule has 10 nitrogen and oxygen atoms in total. The molecule has 4 aromatic carbocycles. The Balaban J connectivity index is 0.000000176. The molecule has 0 saturated carbocycles. The Morgan fingerprint density at radius 2 is 0.944 bits per heavy atom. The van der Waals surface area contributed by atoms with Gasteiger partial charge in [0.15, 0.2) is 11.5 Å². The molecule has 0 atom stereocenters. The van der Waals surface area contributed by atoms with Crippen molar-refractivity contribution in [3.05, 3.63) is 211 Å². The van der Waals surface area contributed by atoms with Gasteiger partial charge in [-0.2, -0.15) is 26.3 Å². The molecule has 0 radical (unpaired) electrons. The summed E-state index contributed by atoms with van der Waals surface area (Å²) in [7, 11) is 0. The third-order valence-electron chi connectivity index (χ3n) is 11.0. The number of hydrogen-bond acceptors (Lipinski definition) is 8. The topological polar surface area (TPSA) is 122 Å². The molecule has 6 aromatic heterocycles. The minimum atomic E-state index is -4.91. The Bertz CT molecular complexity index is 3650. The number of pyridine rings is 2. The molecule has 0 aliphatic heterocycles. The molecule has 0 bridgehead atoms. The number of rotatable bonds is 10. The molecule has 0 saturated heterocycles. The average Bonchev–Trinajstić information content (AvgIpc) is 4.16. The molecule has 358 valence electrons. The largest absolute Gasteiger partial charge is 0.433 e. The lowest BCUT2D eigenvalue weighted by Crippen LogP contribution is -2.19. The molecule has 21 heteroatoms. The quantitative estimate of drug-likeness (QED) is 0.0980. The van der Waals surface area contributed by atoms with Crippen LogP contribution >= 0.6 is 58.0 Å². The average molecular weight is 1070 g/mol. The molecule has 10 aromatic rings. The first kappa shape index (κ1) is 49.0. The Hall–Kier alpha value is -6.95. The van der Waals surface area contributed by atoms with Crippen molar-refractivity contribution in [2.24, 2.45) is 0 Å². The number of alkyl halides is 6. The van der Waals surface area contributed by atoms with Crippen LogP contribution in [0.3, 0.4) is 0 Å². The summed E-state index contributed by atoms with van der Waals surface area (Å²) in [4.78, 5) is 42.8. The van der Waals surface area contributed by atoms with Gasteiger partial charge in [0.1, 0.15) is 11.4 Å². The maximum absolute atomic E-state index is 14.5. The van der Waals surface area contributed by atoms with Gasteiger partial charge in [0.05, 0.1) is 23.5 Å². The number of carbonyl (C=O) groups excluding carboxylic acids is 2. The number of ketones is 2. The SMILES string of the molecule is O=C(c1ncc(-c2cccnc2)o1)c1c(C(F)(F)F)n(Cc2ccc(Cl)cc2Cl)c2ccc(Cl)cc12.O=C(c1ncc(-c2cccnc2)o1)c1c(C(F)(F)F)n(Cc2ccc(Cl)cc2Cl)c2ccccc12. The van der Waals surface area contributed by atoms with E-state index in [4.69, 9.17) is 66.8 Å². The second kappa shape index (κ2) is 19.7. The zero-order valence-electron chi connectivity index (χ0n) is 35.7.